The first-order valence-corrected chi connectivity index (χ1v) is 7.26. The van der Waals surface area contributed by atoms with Crippen molar-refractivity contribution in [2.75, 3.05) is 10.6 Å². The maximum absolute atomic E-state index is 11.9. The van der Waals surface area contributed by atoms with Crippen LogP contribution in [0.15, 0.2) is 48.5 Å². The Bertz CT molecular complexity index is 673. The van der Waals surface area contributed by atoms with E-state index in [1.54, 1.807) is 24.3 Å². The van der Waals surface area contributed by atoms with Crippen molar-refractivity contribution in [3.05, 3.63) is 57.7 Å². The Morgan fingerprint density at radius 2 is 1.81 bits per heavy atom. The van der Waals surface area contributed by atoms with Crippen molar-refractivity contribution < 1.29 is 14.7 Å². The number of hydrogen-bond acceptors (Lipinski definition) is 2. The highest BCUT2D eigenvalue weighted by Gasteiger charge is 2.06. The van der Waals surface area contributed by atoms with E-state index < -0.39 is 5.97 Å². The fourth-order valence-electron chi connectivity index (χ4n) is 1.78. The molecule has 2 rings (SSSR count). The van der Waals surface area contributed by atoms with Gasteiger partial charge in [0.15, 0.2) is 0 Å². The first kappa shape index (κ1) is 15.3. The number of nitrogens with one attached hydrogen (secondary N) is 2. The predicted molar refractivity (Wildman–Crippen MR) is 89.6 cm³/mol. The minimum absolute atomic E-state index is 0.0757. The number of benzene rings is 2. The standard InChI is InChI=1S/C15H13IN2O3/c16-12-6-1-2-7-13(12)18-15(21)17-11-5-3-4-10(8-11)9-14(19)20/h1-8H,9H2,(H,19,20)(H2,17,18,21). The molecule has 0 atom stereocenters. The van der Waals surface area contributed by atoms with E-state index >= 15 is 0 Å². The third-order valence-corrected chi connectivity index (χ3v) is 3.60. The van der Waals surface area contributed by atoms with E-state index in [2.05, 4.69) is 33.2 Å². The second-order valence-electron chi connectivity index (χ2n) is 4.33. The molecule has 0 radical (unpaired) electrons. The first-order chi connectivity index (χ1) is 10.0. The summed E-state index contributed by atoms with van der Waals surface area (Å²) in [7, 11) is 0. The maximum Gasteiger partial charge on any atom is 0.323 e. The third kappa shape index (κ3) is 4.75. The number of carboxylic acids is 1. The lowest BCUT2D eigenvalue weighted by Gasteiger charge is -2.09. The van der Waals surface area contributed by atoms with Gasteiger partial charge >= 0.3 is 12.0 Å². The molecule has 5 nitrogen and oxygen atoms in total. The Hall–Kier alpha value is -2.09. The zero-order valence-corrected chi connectivity index (χ0v) is 13.1. The molecular weight excluding hydrogens is 383 g/mol. The number of anilines is 2. The fourth-order valence-corrected chi connectivity index (χ4v) is 2.30. The number of halogens is 1. The van der Waals surface area contributed by atoms with Crippen molar-refractivity contribution in [3.63, 3.8) is 0 Å². The van der Waals surface area contributed by atoms with E-state index in [1.807, 2.05) is 24.3 Å². The van der Waals surface area contributed by atoms with Crippen molar-refractivity contribution in [1.82, 2.24) is 0 Å². The number of para-hydroxylation sites is 1. The highest BCUT2D eigenvalue weighted by atomic mass is 127. The highest BCUT2D eigenvalue weighted by Crippen LogP contribution is 2.17. The summed E-state index contributed by atoms with van der Waals surface area (Å²) in [6.45, 7) is 0. The molecule has 0 saturated carbocycles. The lowest BCUT2D eigenvalue weighted by atomic mass is 10.1. The number of rotatable bonds is 4. The molecule has 2 amide bonds. The average molecular weight is 396 g/mol. The minimum atomic E-state index is -0.907. The summed E-state index contributed by atoms with van der Waals surface area (Å²) in [6, 6.07) is 13.8. The largest absolute Gasteiger partial charge is 0.481 e. The van der Waals surface area contributed by atoms with E-state index in [1.165, 1.54) is 0 Å². The molecule has 0 aliphatic heterocycles. The van der Waals surface area contributed by atoms with E-state index in [9.17, 15) is 9.59 Å². The second-order valence-corrected chi connectivity index (χ2v) is 5.49. The van der Waals surface area contributed by atoms with Crippen LogP contribution in [0.2, 0.25) is 0 Å². The maximum atomic E-state index is 11.9. The lowest BCUT2D eigenvalue weighted by molar-refractivity contribution is -0.136. The molecule has 0 spiro atoms. The molecule has 0 unspecified atom stereocenters. The topological polar surface area (TPSA) is 78.4 Å². The van der Waals surface area contributed by atoms with Gasteiger partial charge in [0.25, 0.3) is 0 Å². The molecule has 21 heavy (non-hydrogen) atoms. The summed E-state index contributed by atoms with van der Waals surface area (Å²) in [4.78, 5) is 22.6. The van der Waals surface area contributed by atoms with Gasteiger partial charge in [-0.05, 0) is 52.4 Å². The van der Waals surface area contributed by atoms with Gasteiger partial charge < -0.3 is 15.7 Å². The van der Waals surface area contributed by atoms with Crippen LogP contribution < -0.4 is 10.6 Å². The number of carbonyl (C=O) groups is 2. The molecule has 2 aromatic carbocycles. The zero-order chi connectivity index (χ0) is 15.2. The van der Waals surface area contributed by atoms with Crippen LogP contribution in [0.5, 0.6) is 0 Å². The summed E-state index contributed by atoms with van der Waals surface area (Å²) in [5, 5.41) is 14.2. The molecule has 6 heteroatoms. The number of carbonyl (C=O) groups excluding carboxylic acids is 1. The summed E-state index contributed by atoms with van der Waals surface area (Å²) in [5.74, 6) is -0.907. The van der Waals surface area contributed by atoms with Gasteiger partial charge in [0.1, 0.15) is 0 Å². The number of amides is 2. The smallest absolute Gasteiger partial charge is 0.323 e. The number of hydrogen-bond donors (Lipinski definition) is 3. The van der Waals surface area contributed by atoms with Crippen molar-refractivity contribution in [2.45, 2.75) is 6.42 Å². The van der Waals surface area contributed by atoms with Crippen molar-refractivity contribution >= 4 is 46.0 Å². The Labute approximate surface area is 135 Å². The summed E-state index contributed by atoms with van der Waals surface area (Å²) >= 11 is 2.14. The molecule has 0 bridgehead atoms. The molecule has 0 fully saturated rings. The quantitative estimate of drug-likeness (QED) is 0.692. The van der Waals surface area contributed by atoms with Crippen LogP contribution in [0.4, 0.5) is 16.2 Å². The first-order valence-electron chi connectivity index (χ1n) is 6.18. The molecule has 0 heterocycles. The van der Waals surface area contributed by atoms with Crippen LogP contribution in [0.25, 0.3) is 0 Å². The lowest BCUT2D eigenvalue weighted by Crippen LogP contribution is -2.20. The Balaban J connectivity index is 2.03. The molecule has 108 valence electrons. The summed E-state index contributed by atoms with van der Waals surface area (Å²) in [6.07, 6.45) is -0.0757. The molecule has 0 saturated heterocycles. The fraction of sp³-hybridized carbons (Fsp3) is 0.0667. The van der Waals surface area contributed by atoms with Crippen LogP contribution in [0.3, 0.4) is 0 Å². The Morgan fingerprint density at radius 3 is 2.52 bits per heavy atom. The van der Waals surface area contributed by atoms with E-state index in [0.717, 1.165) is 9.26 Å². The van der Waals surface area contributed by atoms with Gasteiger partial charge in [-0.3, -0.25) is 4.79 Å². The molecule has 3 N–H and O–H groups in total. The molecule has 2 aromatic rings. The van der Waals surface area contributed by atoms with Gasteiger partial charge in [0.05, 0.1) is 12.1 Å². The molecule has 0 aromatic heterocycles. The summed E-state index contributed by atoms with van der Waals surface area (Å²) in [5.41, 5.74) is 1.91. The van der Waals surface area contributed by atoms with Crippen LogP contribution in [0, 0.1) is 3.57 Å². The molecule has 0 aliphatic rings. The Kier molecular flexibility index (Phi) is 5.15. The highest BCUT2D eigenvalue weighted by molar-refractivity contribution is 14.1. The number of urea groups is 1. The van der Waals surface area contributed by atoms with Gasteiger partial charge in [-0.15, -0.1) is 0 Å². The third-order valence-electron chi connectivity index (χ3n) is 2.66. The van der Waals surface area contributed by atoms with Gasteiger partial charge in [0, 0.05) is 9.26 Å². The van der Waals surface area contributed by atoms with Crippen molar-refractivity contribution in [1.29, 1.82) is 0 Å². The normalized spacial score (nSPS) is 9.95. The predicted octanol–water partition coefficient (Wildman–Crippen LogP) is 3.56. The van der Waals surface area contributed by atoms with Crippen molar-refractivity contribution in [3.8, 4) is 0 Å². The van der Waals surface area contributed by atoms with E-state index in [-0.39, 0.29) is 12.5 Å². The van der Waals surface area contributed by atoms with E-state index in [4.69, 9.17) is 5.11 Å². The van der Waals surface area contributed by atoms with Gasteiger partial charge in [-0.2, -0.15) is 0 Å². The van der Waals surface area contributed by atoms with Crippen LogP contribution in [0.1, 0.15) is 5.56 Å². The van der Waals surface area contributed by atoms with Crippen molar-refractivity contribution in [2.24, 2.45) is 0 Å². The molecule has 0 aliphatic carbocycles. The Morgan fingerprint density at radius 1 is 1.05 bits per heavy atom. The van der Waals surface area contributed by atoms with Gasteiger partial charge in [-0.25, -0.2) is 4.79 Å². The monoisotopic (exact) mass is 396 g/mol. The number of aliphatic carboxylic acids is 1. The average Bonchev–Trinajstić information content (AvgIpc) is 2.41. The number of carboxylic acid groups (broad SMARTS) is 1. The van der Waals surface area contributed by atoms with Crippen LogP contribution in [-0.2, 0) is 11.2 Å². The minimum Gasteiger partial charge on any atom is -0.481 e. The molecular formula is C15H13IN2O3. The van der Waals surface area contributed by atoms with E-state index in [0.29, 0.717) is 11.3 Å². The second kappa shape index (κ2) is 7.07. The van der Waals surface area contributed by atoms with Crippen LogP contribution in [-0.4, -0.2) is 17.1 Å². The zero-order valence-electron chi connectivity index (χ0n) is 11.0. The SMILES string of the molecule is O=C(O)Cc1cccc(NC(=O)Nc2ccccc2I)c1. The van der Waals surface area contributed by atoms with Gasteiger partial charge in [0.2, 0.25) is 0 Å². The van der Waals surface area contributed by atoms with Gasteiger partial charge in [-0.1, -0.05) is 24.3 Å². The summed E-state index contributed by atoms with van der Waals surface area (Å²) < 4.78 is 0.935. The van der Waals surface area contributed by atoms with Crippen LogP contribution >= 0.6 is 22.6 Å².